The molecule has 2 heterocycles. The molecular weight excluding hydrogens is 374 g/mol. The molecule has 156 valence electrons. The molecule has 0 spiro atoms. The Labute approximate surface area is 175 Å². The van der Waals surface area contributed by atoms with Crippen molar-refractivity contribution in [2.24, 2.45) is 17.3 Å². The fourth-order valence-electron chi connectivity index (χ4n) is 4.39. The van der Waals surface area contributed by atoms with Gasteiger partial charge in [-0.3, -0.25) is 9.59 Å². The number of halogens is 1. The first-order valence-corrected chi connectivity index (χ1v) is 10.1. The molecule has 1 aromatic carbocycles. The van der Waals surface area contributed by atoms with E-state index >= 15 is 0 Å². The zero-order valence-corrected chi connectivity index (χ0v) is 18.3. The number of benzene rings is 1. The highest BCUT2D eigenvalue weighted by Crippen LogP contribution is 2.27. The molecule has 0 aliphatic carbocycles. The van der Waals surface area contributed by atoms with Gasteiger partial charge in [-0.15, -0.1) is 12.4 Å². The molecule has 2 amide bonds. The van der Waals surface area contributed by atoms with Crippen molar-refractivity contribution < 1.29 is 9.59 Å². The maximum Gasteiger partial charge on any atom is 0.253 e. The monoisotopic (exact) mass is 407 g/mol. The Morgan fingerprint density at radius 3 is 2.25 bits per heavy atom. The summed E-state index contributed by atoms with van der Waals surface area (Å²) in [7, 11) is 1.82. The smallest absolute Gasteiger partial charge is 0.253 e. The van der Waals surface area contributed by atoms with Gasteiger partial charge in [0.25, 0.3) is 11.8 Å². The van der Waals surface area contributed by atoms with Crippen molar-refractivity contribution in [3.05, 3.63) is 35.4 Å². The molecule has 1 N–H and O–H groups in total. The molecule has 0 unspecified atom stereocenters. The highest BCUT2D eigenvalue weighted by atomic mass is 35.5. The van der Waals surface area contributed by atoms with E-state index in [2.05, 4.69) is 26.1 Å². The third kappa shape index (κ3) is 5.48. The van der Waals surface area contributed by atoms with Gasteiger partial charge < -0.3 is 15.1 Å². The average Bonchev–Trinajstić information content (AvgIpc) is 2.97. The van der Waals surface area contributed by atoms with E-state index in [0.717, 1.165) is 39.0 Å². The van der Waals surface area contributed by atoms with E-state index in [1.54, 1.807) is 17.0 Å². The number of nitrogens with zero attached hydrogens (tertiary/aromatic N) is 2. The minimum Gasteiger partial charge on any atom is -0.341 e. The van der Waals surface area contributed by atoms with Crippen LogP contribution in [0.15, 0.2) is 24.3 Å². The van der Waals surface area contributed by atoms with E-state index in [0.29, 0.717) is 29.5 Å². The lowest BCUT2D eigenvalue weighted by Gasteiger charge is -2.27. The molecule has 6 heteroatoms. The van der Waals surface area contributed by atoms with Crippen LogP contribution >= 0.6 is 12.4 Å². The number of fused-ring (bicyclic) bond motifs is 1. The van der Waals surface area contributed by atoms with Crippen LogP contribution in [0.25, 0.3) is 0 Å². The molecule has 2 atom stereocenters. The van der Waals surface area contributed by atoms with Gasteiger partial charge in [0.2, 0.25) is 0 Å². The number of rotatable bonds is 3. The highest BCUT2D eigenvalue weighted by Gasteiger charge is 2.31. The van der Waals surface area contributed by atoms with Crippen LogP contribution in [0.2, 0.25) is 0 Å². The lowest BCUT2D eigenvalue weighted by atomic mass is 9.92. The lowest BCUT2D eigenvalue weighted by molar-refractivity contribution is 0.0745. The van der Waals surface area contributed by atoms with Crippen LogP contribution in [0.1, 0.15) is 54.3 Å². The predicted octanol–water partition coefficient (Wildman–Crippen LogP) is 3.30. The van der Waals surface area contributed by atoms with Gasteiger partial charge in [0, 0.05) is 37.8 Å². The molecule has 5 nitrogen and oxygen atoms in total. The van der Waals surface area contributed by atoms with E-state index in [9.17, 15) is 9.59 Å². The van der Waals surface area contributed by atoms with E-state index in [1.165, 1.54) is 0 Å². The summed E-state index contributed by atoms with van der Waals surface area (Å²) in [5.74, 6) is 1.41. The van der Waals surface area contributed by atoms with Crippen LogP contribution in [-0.4, -0.2) is 61.4 Å². The molecule has 2 saturated heterocycles. The van der Waals surface area contributed by atoms with Crippen LogP contribution in [-0.2, 0) is 0 Å². The Kier molecular flexibility index (Phi) is 7.52. The summed E-state index contributed by atoms with van der Waals surface area (Å²) in [5.41, 5.74) is 1.25. The van der Waals surface area contributed by atoms with Crippen molar-refractivity contribution in [3.8, 4) is 0 Å². The molecule has 3 rings (SSSR count). The number of carbonyl (C=O) groups excluding carboxylic acids is 2. The van der Waals surface area contributed by atoms with Crippen molar-refractivity contribution in [2.75, 3.05) is 39.8 Å². The van der Waals surface area contributed by atoms with Gasteiger partial charge in [-0.25, -0.2) is 0 Å². The topological polar surface area (TPSA) is 52.7 Å². The van der Waals surface area contributed by atoms with E-state index in [-0.39, 0.29) is 29.6 Å². The molecule has 0 saturated carbocycles. The zero-order valence-electron chi connectivity index (χ0n) is 17.5. The molecular formula is C22H34ClN3O2. The molecule has 2 fully saturated rings. The van der Waals surface area contributed by atoms with Gasteiger partial charge >= 0.3 is 0 Å². The summed E-state index contributed by atoms with van der Waals surface area (Å²) in [6.45, 7) is 10.8. The quantitative estimate of drug-likeness (QED) is 0.836. The van der Waals surface area contributed by atoms with Gasteiger partial charge in [-0.05, 0) is 61.4 Å². The second kappa shape index (κ2) is 9.27. The summed E-state index contributed by atoms with van der Waals surface area (Å²) >= 11 is 0. The summed E-state index contributed by atoms with van der Waals surface area (Å²) < 4.78 is 0. The Balaban J connectivity index is 0.00000280. The largest absolute Gasteiger partial charge is 0.341 e. The van der Waals surface area contributed by atoms with Crippen LogP contribution in [0.4, 0.5) is 0 Å². The fraction of sp³-hybridized carbons (Fsp3) is 0.636. The minimum absolute atomic E-state index is 0. The third-order valence-electron chi connectivity index (χ3n) is 5.72. The maximum atomic E-state index is 13.0. The molecule has 2 aliphatic rings. The summed E-state index contributed by atoms with van der Waals surface area (Å²) in [5, 5.41) is 3.47. The van der Waals surface area contributed by atoms with Crippen molar-refractivity contribution >= 4 is 24.2 Å². The molecule has 0 bridgehead atoms. The Hall–Kier alpha value is -1.59. The van der Waals surface area contributed by atoms with Crippen molar-refractivity contribution in [1.29, 1.82) is 0 Å². The zero-order chi connectivity index (χ0) is 19.6. The van der Waals surface area contributed by atoms with Crippen LogP contribution in [0, 0.1) is 17.3 Å². The summed E-state index contributed by atoms with van der Waals surface area (Å²) in [6.07, 6.45) is 2.13. The number of likely N-dealkylation sites (tertiary alicyclic amines) is 1. The third-order valence-corrected chi connectivity index (χ3v) is 5.72. The second-order valence-corrected chi connectivity index (χ2v) is 9.35. The highest BCUT2D eigenvalue weighted by molar-refractivity contribution is 5.99. The fourth-order valence-corrected chi connectivity index (χ4v) is 4.39. The first kappa shape index (κ1) is 22.7. The predicted molar refractivity (Wildman–Crippen MR) is 115 cm³/mol. The van der Waals surface area contributed by atoms with Gasteiger partial charge in [0.1, 0.15) is 0 Å². The van der Waals surface area contributed by atoms with Crippen LogP contribution < -0.4 is 5.32 Å². The normalized spacial score (nSPS) is 22.1. The van der Waals surface area contributed by atoms with Crippen molar-refractivity contribution in [3.63, 3.8) is 0 Å². The maximum absolute atomic E-state index is 13.0. The Morgan fingerprint density at radius 1 is 1.11 bits per heavy atom. The van der Waals surface area contributed by atoms with E-state index in [1.807, 2.05) is 24.1 Å². The van der Waals surface area contributed by atoms with Crippen molar-refractivity contribution in [1.82, 2.24) is 15.1 Å². The standard InChI is InChI=1S/C22H33N3O2.ClH/c1-22(2,3)15-24(4)20(26)16-6-5-7-17(12-16)21(27)25-10-8-18-13-23-14-19(18)9-11-25;/h5-7,12,18-19,23H,8-11,13-15H2,1-4H3;1H/t18-,19+;. The number of amides is 2. The van der Waals surface area contributed by atoms with E-state index in [4.69, 9.17) is 0 Å². The average molecular weight is 408 g/mol. The minimum atomic E-state index is -0.0314. The Bertz CT molecular complexity index is 687. The second-order valence-electron chi connectivity index (χ2n) is 9.35. The molecule has 1 aromatic rings. The van der Waals surface area contributed by atoms with Crippen molar-refractivity contribution in [2.45, 2.75) is 33.6 Å². The molecule has 28 heavy (non-hydrogen) atoms. The van der Waals surface area contributed by atoms with Crippen LogP contribution in [0.5, 0.6) is 0 Å². The number of hydrogen-bond acceptors (Lipinski definition) is 3. The first-order valence-electron chi connectivity index (χ1n) is 10.1. The number of carbonyl (C=O) groups is 2. The van der Waals surface area contributed by atoms with Gasteiger partial charge in [0.05, 0.1) is 0 Å². The summed E-state index contributed by atoms with van der Waals surface area (Å²) in [4.78, 5) is 29.5. The number of hydrogen-bond donors (Lipinski definition) is 1. The Morgan fingerprint density at radius 2 is 1.68 bits per heavy atom. The molecule has 0 aromatic heterocycles. The van der Waals surface area contributed by atoms with Crippen LogP contribution in [0.3, 0.4) is 0 Å². The molecule has 0 radical (unpaired) electrons. The first-order chi connectivity index (χ1) is 12.7. The van der Waals surface area contributed by atoms with Gasteiger partial charge in [-0.2, -0.15) is 0 Å². The number of nitrogens with one attached hydrogen (secondary N) is 1. The van der Waals surface area contributed by atoms with E-state index < -0.39 is 0 Å². The van der Waals surface area contributed by atoms with Gasteiger partial charge in [-0.1, -0.05) is 26.8 Å². The van der Waals surface area contributed by atoms with Gasteiger partial charge in [0.15, 0.2) is 0 Å². The SMILES string of the molecule is CN(CC(C)(C)C)C(=O)c1cccc(C(=O)N2CC[C@@H]3CNC[C@@H]3CC2)c1.Cl. The molecule has 2 aliphatic heterocycles. The summed E-state index contributed by atoms with van der Waals surface area (Å²) in [6, 6.07) is 7.21. The lowest BCUT2D eigenvalue weighted by Crippen LogP contribution is -2.35.